The van der Waals surface area contributed by atoms with Crippen molar-refractivity contribution in [3.8, 4) is 0 Å². The number of nitrogens with zero attached hydrogens (tertiary/aromatic N) is 3. The molecular formula is C16H32N4S. The second-order valence-electron chi connectivity index (χ2n) is 6.05. The SMILES string of the molecule is CCCN(CCN(C)C)c1nc(CC)c(CNC(C)C)s1. The van der Waals surface area contributed by atoms with Crippen LogP contribution in [-0.2, 0) is 13.0 Å². The lowest BCUT2D eigenvalue weighted by Crippen LogP contribution is -2.32. The average Bonchev–Trinajstić information content (AvgIpc) is 2.84. The van der Waals surface area contributed by atoms with Crippen LogP contribution in [0.25, 0.3) is 0 Å². The fourth-order valence-corrected chi connectivity index (χ4v) is 3.26. The van der Waals surface area contributed by atoms with Crippen LogP contribution in [-0.4, -0.2) is 49.7 Å². The molecule has 0 bridgehead atoms. The summed E-state index contributed by atoms with van der Waals surface area (Å²) in [6, 6.07) is 0.515. The van der Waals surface area contributed by atoms with Gasteiger partial charge in [-0.2, -0.15) is 0 Å². The summed E-state index contributed by atoms with van der Waals surface area (Å²) in [5, 5.41) is 4.71. The van der Waals surface area contributed by atoms with Crippen LogP contribution in [0.4, 0.5) is 5.13 Å². The number of aromatic nitrogens is 1. The Morgan fingerprint density at radius 2 is 1.86 bits per heavy atom. The first kappa shape index (κ1) is 18.4. The topological polar surface area (TPSA) is 31.4 Å². The number of aryl methyl sites for hydroxylation is 1. The van der Waals surface area contributed by atoms with Gasteiger partial charge in [-0.1, -0.05) is 27.7 Å². The quantitative estimate of drug-likeness (QED) is 0.720. The highest BCUT2D eigenvalue weighted by atomic mass is 32.1. The van der Waals surface area contributed by atoms with E-state index < -0.39 is 0 Å². The third-order valence-electron chi connectivity index (χ3n) is 3.35. The Bertz CT molecular complexity index is 401. The van der Waals surface area contributed by atoms with Crippen LogP contribution >= 0.6 is 11.3 Å². The number of hydrogen-bond donors (Lipinski definition) is 1. The van der Waals surface area contributed by atoms with E-state index in [2.05, 4.69) is 56.9 Å². The molecule has 0 spiro atoms. The molecule has 0 aromatic carbocycles. The Hall–Kier alpha value is -0.650. The molecule has 122 valence electrons. The maximum Gasteiger partial charge on any atom is 0.185 e. The summed E-state index contributed by atoms with van der Waals surface area (Å²) in [5.74, 6) is 0. The van der Waals surface area contributed by atoms with Gasteiger partial charge >= 0.3 is 0 Å². The summed E-state index contributed by atoms with van der Waals surface area (Å²) >= 11 is 1.86. The van der Waals surface area contributed by atoms with Crippen molar-refractivity contribution >= 4 is 16.5 Å². The molecule has 0 fully saturated rings. The van der Waals surface area contributed by atoms with Crippen LogP contribution < -0.4 is 10.2 Å². The van der Waals surface area contributed by atoms with Gasteiger partial charge in [0.15, 0.2) is 5.13 Å². The summed E-state index contributed by atoms with van der Waals surface area (Å²) in [6.45, 7) is 12.9. The predicted octanol–water partition coefficient (Wildman–Crippen LogP) is 2.98. The maximum atomic E-state index is 4.89. The Kier molecular flexibility index (Phi) is 8.22. The van der Waals surface area contributed by atoms with E-state index in [0.29, 0.717) is 6.04 Å². The van der Waals surface area contributed by atoms with Crippen molar-refractivity contribution in [3.05, 3.63) is 10.6 Å². The van der Waals surface area contributed by atoms with Crippen LogP contribution in [0.15, 0.2) is 0 Å². The number of thiazole rings is 1. The van der Waals surface area contributed by atoms with Gasteiger partial charge in [-0.3, -0.25) is 0 Å². The predicted molar refractivity (Wildman–Crippen MR) is 94.5 cm³/mol. The van der Waals surface area contributed by atoms with Crippen molar-refractivity contribution in [1.82, 2.24) is 15.2 Å². The van der Waals surface area contributed by atoms with Gasteiger partial charge in [-0.25, -0.2) is 4.98 Å². The molecular weight excluding hydrogens is 280 g/mol. The molecule has 21 heavy (non-hydrogen) atoms. The van der Waals surface area contributed by atoms with Crippen molar-refractivity contribution in [3.63, 3.8) is 0 Å². The standard InChI is InChI=1S/C16H32N4S/c1-7-9-20(11-10-19(5)6)16-18-14(8-2)15(21-16)12-17-13(3)4/h13,17H,7-12H2,1-6H3. The molecule has 1 rings (SSSR count). The van der Waals surface area contributed by atoms with E-state index in [-0.39, 0.29) is 0 Å². The molecule has 0 aliphatic heterocycles. The van der Waals surface area contributed by atoms with Crippen LogP contribution in [0.2, 0.25) is 0 Å². The fourth-order valence-electron chi connectivity index (χ4n) is 2.11. The molecule has 1 heterocycles. The summed E-state index contributed by atoms with van der Waals surface area (Å²) in [6.07, 6.45) is 2.17. The third-order valence-corrected chi connectivity index (χ3v) is 4.51. The smallest absolute Gasteiger partial charge is 0.185 e. The molecule has 4 nitrogen and oxygen atoms in total. The van der Waals surface area contributed by atoms with Gasteiger partial charge in [-0.15, -0.1) is 11.3 Å². The van der Waals surface area contributed by atoms with Crippen molar-refractivity contribution in [2.45, 2.75) is 53.1 Å². The molecule has 0 aliphatic rings. The number of rotatable bonds is 10. The fraction of sp³-hybridized carbons (Fsp3) is 0.812. The molecule has 0 radical (unpaired) electrons. The first-order valence-electron chi connectivity index (χ1n) is 8.09. The van der Waals surface area contributed by atoms with E-state index in [0.717, 1.165) is 39.0 Å². The molecule has 0 unspecified atom stereocenters. The lowest BCUT2D eigenvalue weighted by molar-refractivity contribution is 0.413. The van der Waals surface area contributed by atoms with Gasteiger partial charge in [0.25, 0.3) is 0 Å². The van der Waals surface area contributed by atoms with Gasteiger partial charge in [0.05, 0.1) is 5.69 Å². The van der Waals surface area contributed by atoms with Crippen LogP contribution in [0, 0.1) is 0 Å². The molecule has 1 aromatic heterocycles. The minimum Gasteiger partial charge on any atom is -0.347 e. The van der Waals surface area contributed by atoms with Crippen molar-refractivity contribution in [2.75, 3.05) is 38.6 Å². The molecule has 0 atom stereocenters. The highest BCUT2D eigenvalue weighted by Crippen LogP contribution is 2.27. The number of likely N-dealkylation sites (N-methyl/N-ethyl adjacent to an activating group) is 1. The van der Waals surface area contributed by atoms with Gasteiger partial charge in [0.2, 0.25) is 0 Å². The Balaban J connectivity index is 2.82. The molecule has 1 aromatic rings. The second-order valence-corrected chi connectivity index (χ2v) is 7.11. The van der Waals surface area contributed by atoms with E-state index in [1.54, 1.807) is 0 Å². The summed E-state index contributed by atoms with van der Waals surface area (Å²) < 4.78 is 0. The lowest BCUT2D eigenvalue weighted by atomic mass is 10.3. The monoisotopic (exact) mass is 312 g/mol. The van der Waals surface area contributed by atoms with Crippen molar-refractivity contribution < 1.29 is 0 Å². The minimum absolute atomic E-state index is 0.515. The molecule has 0 aliphatic carbocycles. The summed E-state index contributed by atoms with van der Waals surface area (Å²) in [7, 11) is 4.25. The highest BCUT2D eigenvalue weighted by Gasteiger charge is 2.15. The van der Waals surface area contributed by atoms with E-state index in [1.165, 1.54) is 15.7 Å². The molecule has 5 heteroatoms. The minimum atomic E-state index is 0.515. The van der Waals surface area contributed by atoms with Gasteiger partial charge in [0.1, 0.15) is 0 Å². The molecule has 0 saturated heterocycles. The molecule has 1 N–H and O–H groups in total. The summed E-state index contributed by atoms with van der Waals surface area (Å²) in [4.78, 5) is 11.0. The number of nitrogens with one attached hydrogen (secondary N) is 1. The maximum absolute atomic E-state index is 4.89. The first-order valence-corrected chi connectivity index (χ1v) is 8.91. The number of anilines is 1. The summed E-state index contributed by atoms with van der Waals surface area (Å²) in [5.41, 5.74) is 1.26. The zero-order chi connectivity index (χ0) is 15.8. The Labute approximate surface area is 134 Å². The zero-order valence-electron chi connectivity index (χ0n) is 14.6. The van der Waals surface area contributed by atoms with Crippen LogP contribution in [0.3, 0.4) is 0 Å². The lowest BCUT2D eigenvalue weighted by Gasteiger charge is -2.23. The second kappa shape index (κ2) is 9.38. The Morgan fingerprint density at radius 1 is 1.14 bits per heavy atom. The zero-order valence-corrected chi connectivity index (χ0v) is 15.4. The normalized spacial score (nSPS) is 11.6. The van der Waals surface area contributed by atoms with Crippen LogP contribution in [0.5, 0.6) is 0 Å². The van der Waals surface area contributed by atoms with E-state index >= 15 is 0 Å². The van der Waals surface area contributed by atoms with E-state index in [9.17, 15) is 0 Å². The van der Waals surface area contributed by atoms with E-state index in [4.69, 9.17) is 4.98 Å². The van der Waals surface area contributed by atoms with Crippen molar-refractivity contribution in [2.24, 2.45) is 0 Å². The van der Waals surface area contributed by atoms with Gasteiger partial charge < -0.3 is 15.1 Å². The highest BCUT2D eigenvalue weighted by molar-refractivity contribution is 7.15. The van der Waals surface area contributed by atoms with Crippen LogP contribution in [0.1, 0.15) is 44.7 Å². The molecule has 0 amide bonds. The third kappa shape index (κ3) is 6.32. The van der Waals surface area contributed by atoms with Crippen molar-refractivity contribution in [1.29, 1.82) is 0 Å². The largest absolute Gasteiger partial charge is 0.347 e. The van der Waals surface area contributed by atoms with E-state index in [1.807, 2.05) is 11.3 Å². The first-order chi connectivity index (χ1) is 9.97. The average molecular weight is 313 g/mol. The molecule has 0 saturated carbocycles. The number of hydrogen-bond acceptors (Lipinski definition) is 5. The van der Waals surface area contributed by atoms with Gasteiger partial charge in [0, 0.05) is 37.1 Å². The Morgan fingerprint density at radius 3 is 2.38 bits per heavy atom. The van der Waals surface area contributed by atoms with Gasteiger partial charge in [-0.05, 0) is 26.9 Å².